The lowest BCUT2D eigenvalue weighted by Gasteiger charge is -2.27. The molecule has 0 amide bonds. The van der Waals surface area contributed by atoms with Crippen molar-refractivity contribution in [2.24, 2.45) is 0 Å². The zero-order chi connectivity index (χ0) is 11.4. The molecular weight excluding hydrogens is 271 g/mol. The minimum absolute atomic E-state index is 0.182. The van der Waals surface area contributed by atoms with Crippen molar-refractivity contribution in [3.05, 3.63) is 34.1 Å². The minimum atomic E-state index is -0.182. The molecule has 0 atom stereocenters. The molecule has 88 valence electrons. The topological polar surface area (TPSA) is 15.3 Å². The third kappa shape index (κ3) is 3.27. The second kappa shape index (κ2) is 5.75. The lowest BCUT2D eigenvalue weighted by molar-refractivity contribution is 0.151. The fourth-order valence-corrected chi connectivity index (χ4v) is 2.31. The number of hydrogen-bond acceptors (Lipinski definition) is 2. The van der Waals surface area contributed by atoms with Gasteiger partial charge in [0.05, 0.1) is 0 Å². The van der Waals surface area contributed by atoms with Gasteiger partial charge in [-0.1, -0.05) is 22.4 Å². The Labute approximate surface area is 104 Å². The van der Waals surface area contributed by atoms with Crippen molar-refractivity contribution in [3.8, 4) is 0 Å². The lowest BCUT2D eigenvalue weighted by Crippen LogP contribution is -2.41. The number of nitrogens with one attached hydrogen (secondary N) is 1. The zero-order valence-electron chi connectivity index (χ0n) is 9.18. The van der Waals surface area contributed by atoms with Gasteiger partial charge in [0, 0.05) is 24.1 Å². The maximum Gasteiger partial charge on any atom is 0.123 e. The average molecular weight is 287 g/mol. The van der Waals surface area contributed by atoms with Gasteiger partial charge in [-0.15, -0.1) is 0 Å². The van der Waals surface area contributed by atoms with Crippen molar-refractivity contribution >= 4 is 15.9 Å². The van der Waals surface area contributed by atoms with Crippen molar-refractivity contribution in [2.75, 3.05) is 13.1 Å². The first kappa shape index (κ1) is 12.0. The highest BCUT2D eigenvalue weighted by Crippen LogP contribution is 2.18. The first-order chi connectivity index (χ1) is 7.75. The highest BCUT2D eigenvalue weighted by molar-refractivity contribution is 9.10. The number of piperidine rings is 1. The Bertz CT molecular complexity index is 351. The molecule has 1 aliphatic heterocycles. The Balaban J connectivity index is 1.90. The van der Waals surface area contributed by atoms with Crippen molar-refractivity contribution in [2.45, 2.75) is 25.8 Å². The van der Waals surface area contributed by atoms with E-state index in [4.69, 9.17) is 0 Å². The molecule has 0 bridgehead atoms. The molecule has 1 aliphatic rings. The van der Waals surface area contributed by atoms with Gasteiger partial charge in [-0.25, -0.2) is 9.40 Å². The summed E-state index contributed by atoms with van der Waals surface area (Å²) in [5.74, 6) is -0.182. The van der Waals surface area contributed by atoms with Crippen LogP contribution in [0.15, 0.2) is 22.7 Å². The largest absolute Gasteiger partial charge is 0.251 e. The summed E-state index contributed by atoms with van der Waals surface area (Å²) >= 11 is 3.43. The Morgan fingerprint density at radius 1 is 1.25 bits per heavy atom. The summed E-state index contributed by atoms with van der Waals surface area (Å²) in [5, 5.41) is 2.22. The van der Waals surface area contributed by atoms with Crippen molar-refractivity contribution in [3.63, 3.8) is 0 Å². The number of benzene rings is 1. The van der Waals surface area contributed by atoms with Crippen LogP contribution in [0.4, 0.5) is 4.39 Å². The Hall–Kier alpha value is -0.450. The van der Waals surface area contributed by atoms with Gasteiger partial charge in [0.1, 0.15) is 5.82 Å². The number of rotatable bonds is 3. The molecule has 0 aliphatic carbocycles. The molecule has 1 N–H and O–H groups in total. The van der Waals surface area contributed by atoms with Crippen LogP contribution >= 0.6 is 15.9 Å². The van der Waals surface area contributed by atoms with E-state index in [0.29, 0.717) is 6.54 Å². The van der Waals surface area contributed by atoms with E-state index < -0.39 is 0 Å². The first-order valence-electron chi connectivity index (χ1n) is 5.68. The van der Waals surface area contributed by atoms with Crippen LogP contribution in [-0.4, -0.2) is 18.1 Å². The molecule has 0 saturated carbocycles. The van der Waals surface area contributed by atoms with E-state index in [9.17, 15) is 4.39 Å². The molecule has 1 saturated heterocycles. The van der Waals surface area contributed by atoms with E-state index in [2.05, 4.69) is 26.4 Å². The van der Waals surface area contributed by atoms with Gasteiger partial charge < -0.3 is 0 Å². The highest BCUT2D eigenvalue weighted by Gasteiger charge is 2.10. The molecule has 1 aromatic rings. The van der Waals surface area contributed by atoms with Crippen LogP contribution in [0, 0.1) is 5.82 Å². The average Bonchev–Trinajstić information content (AvgIpc) is 2.32. The van der Waals surface area contributed by atoms with Crippen LogP contribution in [0.5, 0.6) is 0 Å². The second-order valence-corrected chi connectivity index (χ2v) is 4.97. The van der Waals surface area contributed by atoms with Crippen LogP contribution in [0.3, 0.4) is 0 Å². The lowest BCUT2D eigenvalue weighted by atomic mass is 10.2. The second-order valence-electron chi connectivity index (χ2n) is 4.12. The molecule has 16 heavy (non-hydrogen) atoms. The summed E-state index contributed by atoms with van der Waals surface area (Å²) in [6, 6.07) is 4.79. The van der Waals surface area contributed by atoms with Crippen molar-refractivity contribution in [1.82, 2.24) is 10.4 Å². The molecule has 1 aromatic carbocycles. The van der Waals surface area contributed by atoms with Crippen LogP contribution in [0.25, 0.3) is 0 Å². The van der Waals surface area contributed by atoms with E-state index in [1.165, 1.54) is 25.3 Å². The molecule has 1 fully saturated rings. The van der Waals surface area contributed by atoms with Crippen LogP contribution < -0.4 is 5.43 Å². The standard InChI is InChI=1S/C12H16BrFN2/c13-12-5-4-11(14)8-10(12)9-15-16-6-2-1-3-7-16/h4-5,8,15H,1-3,6-7,9H2. The maximum absolute atomic E-state index is 13.1. The monoisotopic (exact) mass is 286 g/mol. The van der Waals surface area contributed by atoms with Gasteiger partial charge in [-0.05, 0) is 36.6 Å². The predicted octanol–water partition coefficient (Wildman–Crippen LogP) is 3.08. The normalized spacial score (nSPS) is 17.6. The molecular formula is C12H16BrFN2. The van der Waals surface area contributed by atoms with Crippen molar-refractivity contribution < 1.29 is 4.39 Å². The summed E-state index contributed by atoms with van der Waals surface area (Å²) in [4.78, 5) is 0. The van der Waals surface area contributed by atoms with Gasteiger partial charge in [0.2, 0.25) is 0 Å². The summed E-state index contributed by atoms with van der Waals surface area (Å²) in [6.07, 6.45) is 3.82. The summed E-state index contributed by atoms with van der Waals surface area (Å²) in [7, 11) is 0. The van der Waals surface area contributed by atoms with E-state index in [1.54, 1.807) is 12.1 Å². The molecule has 2 nitrogen and oxygen atoms in total. The number of halogens is 2. The van der Waals surface area contributed by atoms with E-state index in [0.717, 1.165) is 23.1 Å². The van der Waals surface area contributed by atoms with Gasteiger partial charge in [-0.3, -0.25) is 5.43 Å². The van der Waals surface area contributed by atoms with Gasteiger partial charge in [0.25, 0.3) is 0 Å². The van der Waals surface area contributed by atoms with Crippen molar-refractivity contribution in [1.29, 1.82) is 0 Å². The fourth-order valence-electron chi connectivity index (χ4n) is 1.93. The number of nitrogens with zero attached hydrogens (tertiary/aromatic N) is 1. The Morgan fingerprint density at radius 3 is 2.75 bits per heavy atom. The number of hydrazine groups is 1. The molecule has 1 heterocycles. The molecule has 0 radical (unpaired) electrons. The Morgan fingerprint density at radius 2 is 2.00 bits per heavy atom. The van der Waals surface area contributed by atoms with E-state index in [-0.39, 0.29) is 5.82 Å². The predicted molar refractivity (Wildman–Crippen MR) is 66.4 cm³/mol. The summed E-state index contributed by atoms with van der Waals surface area (Å²) in [5.41, 5.74) is 4.31. The van der Waals surface area contributed by atoms with Crippen LogP contribution in [-0.2, 0) is 6.54 Å². The van der Waals surface area contributed by atoms with E-state index >= 15 is 0 Å². The van der Waals surface area contributed by atoms with E-state index in [1.807, 2.05) is 0 Å². The fraction of sp³-hybridized carbons (Fsp3) is 0.500. The third-order valence-electron chi connectivity index (χ3n) is 2.86. The SMILES string of the molecule is Fc1ccc(Br)c(CNN2CCCCC2)c1. The highest BCUT2D eigenvalue weighted by atomic mass is 79.9. The molecule has 0 spiro atoms. The third-order valence-corrected chi connectivity index (χ3v) is 3.63. The molecule has 2 rings (SSSR count). The van der Waals surface area contributed by atoms with Crippen LogP contribution in [0.2, 0.25) is 0 Å². The maximum atomic E-state index is 13.1. The van der Waals surface area contributed by atoms with Gasteiger partial charge in [-0.2, -0.15) is 0 Å². The molecule has 4 heteroatoms. The zero-order valence-corrected chi connectivity index (χ0v) is 10.8. The van der Waals surface area contributed by atoms with Crippen LogP contribution in [0.1, 0.15) is 24.8 Å². The van der Waals surface area contributed by atoms with Gasteiger partial charge in [0.15, 0.2) is 0 Å². The quantitative estimate of drug-likeness (QED) is 0.919. The minimum Gasteiger partial charge on any atom is -0.251 e. The summed E-state index contributed by atoms with van der Waals surface area (Å²) in [6.45, 7) is 2.86. The molecule has 0 unspecified atom stereocenters. The summed E-state index contributed by atoms with van der Waals surface area (Å²) < 4.78 is 14.0. The smallest absolute Gasteiger partial charge is 0.123 e. The number of hydrogen-bond donors (Lipinski definition) is 1. The first-order valence-corrected chi connectivity index (χ1v) is 6.47. The van der Waals surface area contributed by atoms with Gasteiger partial charge >= 0.3 is 0 Å². The Kier molecular flexibility index (Phi) is 4.32. The molecule has 0 aromatic heterocycles.